The van der Waals surface area contributed by atoms with E-state index in [1.165, 1.54) is 38.2 Å². The van der Waals surface area contributed by atoms with Crippen LogP contribution in [0.15, 0.2) is 55.1 Å². The maximum Gasteiger partial charge on any atom is 0.00738 e. The number of hydrogen-bond donors (Lipinski definition) is 0. The molecule has 3 aromatic rings. The van der Waals surface area contributed by atoms with Crippen molar-refractivity contribution >= 4 is 27.1 Å². The van der Waals surface area contributed by atoms with Crippen LogP contribution in [-0.4, -0.2) is 0 Å². The molecule has 18 heavy (non-hydrogen) atoms. The summed E-state index contributed by atoms with van der Waals surface area (Å²) in [5.74, 6) is 0.427. The summed E-state index contributed by atoms with van der Waals surface area (Å²) in [6.07, 6.45) is 0. The summed E-state index contributed by atoms with van der Waals surface area (Å²) in [4.78, 5) is 0. The van der Waals surface area contributed by atoms with Crippen LogP contribution in [0.1, 0.15) is 24.0 Å². The number of benzene rings is 3. The normalized spacial score (nSPS) is 17.8. The third-order valence-corrected chi connectivity index (χ3v) is 4.23. The van der Waals surface area contributed by atoms with E-state index in [2.05, 4.69) is 62.0 Å². The van der Waals surface area contributed by atoms with Crippen molar-refractivity contribution in [1.29, 1.82) is 0 Å². The van der Waals surface area contributed by atoms with Gasteiger partial charge in [-0.3, -0.25) is 0 Å². The summed E-state index contributed by atoms with van der Waals surface area (Å²) < 4.78 is 0. The highest BCUT2D eigenvalue weighted by molar-refractivity contribution is 6.11. The standard InChI is InChI=1S/C18H14/c1-11-12(2)17-16-8-4-3-6-13(16)10-14-7-5-9-15(11)18(14)17/h3-10,12H,1H2,2H3. The summed E-state index contributed by atoms with van der Waals surface area (Å²) >= 11 is 0. The van der Waals surface area contributed by atoms with Gasteiger partial charge in [0.2, 0.25) is 0 Å². The smallest absolute Gasteiger partial charge is 0.00738 e. The zero-order valence-electron chi connectivity index (χ0n) is 10.4. The molecule has 0 heteroatoms. The summed E-state index contributed by atoms with van der Waals surface area (Å²) in [5, 5.41) is 5.46. The Morgan fingerprint density at radius 3 is 2.61 bits per heavy atom. The quantitative estimate of drug-likeness (QED) is 0.470. The molecule has 0 fully saturated rings. The fourth-order valence-electron chi connectivity index (χ4n) is 3.29. The number of fused-ring (bicyclic) bond motifs is 2. The molecule has 4 rings (SSSR count). The van der Waals surface area contributed by atoms with E-state index in [-0.39, 0.29) is 0 Å². The third-order valence-electron chi connectivity index (χ3n) is 4.23. The lowest BCUT2D eigenvalue weighted by Crippen LogP contribution is -1.89. The first-order valence-electron chi connectivity index (χ1n) is 6.41. The van der Waals surface area contributed by atoms with Gasteiger partial charge in [0.25, 0.3) is 0 Å². The Bertz CT molecular complexity index is 809. The number of rotatable bonds is 0. The lowest BCUT2D eigenvalue weighted by atomic mass is 9.93. The van der Waals surface area contributed by atoms with Gasteiger partial charge in [0, 0.05) is 5.92 Å². The van der Waals surface area contributed by atoms with E-state index in [0.717, 1.165) is 0 Å². The fraction of sp³-hybridized carbons (Fsp3) is 0.111. The largest absolute Gasteiger partial charge is 0.0946 e. The highest BCUT2D eigenvalue weighted by Gasteiger charge is 2.26. The predicted octanol–water partition coefficient (Wildman–Crippen LogP) is 5.12. The molecular weight excluding hydrogens is 216 g/mol. The second-order valence-electron chi connectivity index (χ2n) is 5.16. The van der Waals surface area contributed by atoms with Crippen molar-refractivity contribution in [1.82, 2.24) is 0 Å². The molecule has 0 nitrogen and oxygen atoms in total. The molecule has 0 bridgehead atoms. The number of allylic oxidation sites excluding steroid dienone is 1. The van der Waals surface area contributed by atoms with Crippen LogP contribution in [0.4, 0.5) is 0 Å². The van der Waals surface area contributed by atoms with Gasteiger partial charge >= 0.3 is 0 Å². The van der Waals surface area contributed by atoms with Crippen LogP contribution in [-0.2, 0) is 0 Å². The second-order valence-corrected chi connectivity index (χ2v) is 5.16. The Hall–Kier alpha value is -2.08. The van der Waals surface area contributed by atoms with Crippen LogP contribution in [0.3, 0.4) is 0 Å². The van der Waals surface area contributed by atoms with E-state index >= 15 is 0 Å². The van der Waals surface area contributed by atoms with Gasteiger partial charge in [0.15, 0.2) is 0 Å². The molecule has 0 radical (unpaired) electrons. The molecule has 0 spiro atoms. The van der Waals surface area contributed by atoms with Crippen LogP contribution >= 0.6 is 0 Å². The van der Waals surface area contributed by atoms with Gasteiger partial charge in [-0.2, -0.15) is 0 Å². The molecular formula is C18H14. The highest BCUT2D eigenvalue weighted by atomic mass is 14.3. The van der Waals surface area contributed by atoms with Crippen LogP contribution in [0.5, 0.6) is 0 Å². The minimum Gasteiger partial charge on any atom is -0.0946 e. The highest BCUT2D eigenvalue weighted by Crippen LogP contribution is 2.48. The molecule has 0 saturated heterocycles. The maximum atomic E-state index is 4.28. The molecule has 0 heterocycles. The molecule has 1 aliphatic rings. The second kappa shape index (κ2) is 3.23. The first kappa shape index (κ1) is 9.90. The van der Waals surface area contributed by atoms with E-state index in [4.69, 9.17) is 0 Å². The van der Waals surface area contributed by atoms with E-state index < -0.39 is 0 Å². The van der Waals surface area contributed by atoms with E-state index in [9.17, 15) is 0 Å². The van der Waals surface area contributed by atoms with Gasteiger partial charge in [-0.05, 0) is 44.3 Å². The molecule has 0 N–H and O–H groups in total. The van der Waals surface area contributed by atoms with Gasteiger partial charge in [-0.1, -0.05) is 56.0 Å². The predicted molar refractivity (Wildman–Crippen MR) is 78.9 cm³/mol. The first-order valence-corrected chi connectivity index (χ1v) is 6.41. The minimum absolute atomic E-state index is 0.427. The van der Waals surface area contributed by atoms with Gasteiger partial charge < -0.3 is 0 Å². The maximum absolute atomic E-state index is 4.28. The SMILES string of the molecule is C=C1c2cccc3cc4ccccc4c(c23)C1C. The zero-order valence-corrected chi connectivity index (χ0v) is 10.4. The van der Waals surface area contributed by atoms with Crippen LogP contribution in [0, 0.1) is 0 Å². The first-order chi connectivity index (χ1) is 8.77. The van der Waals surface area contributed by atoms with Gasteiger partial charge in [0.1, 0.15) is 0 Å². The average molecular weight is 230 g/mol. The summed E-state index contributed by atoms with van der Waals surface area (Å²) in [5.41, 5.74) is 4.05. The lowest BCUT2D eigenvalue weighted by Gasteiger charge is -2.10. The van der Waals surface area contributed by atoms with E-state index in [1.54, 1.807) is 0 Å². The van der Waals surface area contributed by atoms with Crippen LogP contribution < -0.4 is 0 Å². The Labute approximate surface area is 107 Å². The Morgan fingerprint density at radius 2 is 1.72 bits per heavy atom. The minimum atomic E-state index is 0.427. The third kappa shape index (κ3) is 1.06. The molecule has 1 unspecified atom stereocenters. The molecule has 0 amide bonds. The van der Waals surface area contributed by atoms with Crippen LogP contribution in [0.25, 0.3) is 27.1 Å². The molecule has 1 atom stereocenters. The summed E-state index contributed by atoms with van der Waals surface area (Å²) in [6, 6.07) is 17.5. The molecule has 1 aliphatic carbocycles. The Morgan fingerprint density at radius 1 is 0.944 bits per heavy atom. The van der Waals surface area contributed by atoms with Crippen molar-refractivity contribution in [3.05, 3.63) is 66.2 Å². The topological polar surface area (TPSA) is 0 Å². The van der Waals surface area contributed by atoms with Crippen molar-refractivity contribution in [2.75, 3.05) is 0 Å². The molecule has 0 aromatic heterocycles. The van der Waals surface area contributed by atoms with Gasteiger partial charge in [-0.25, -0.2) is 0 Å². The summed E-state index contributed by atoms with van der Waals surface area (Å²) in [7, 11) is 0. The lowest BCUT2D eigenvalue weighted by molar-refractivity contribution is 1.04. The van der Waals surface area contributed by atoms with Crippen molar-refractivity contribution in [2.24, 2.45) is 0 Å². The molecule has 0 saturated carbocycles. The fourth-order valence-corrected chi connectivity index (χ4v) is 3.29. The van der Waals surface area contributed by atoms with Crippen molar-refractivity contribution < 1.29 is 0 Å². The van der Waals surface area contributed by atoms with Crippen molar-refractivity contribution in [3.8, 4) is 0 Å². The molecule has 86 valence electrons. The average Bonchev–Trinajstić information content (AvgIpc) is 2.66. The van der Waals surface area contributed by atoms with E-state index in [1.807, 2.05) is 0 Å². The van der Waals surface area contributed by atoms with Crippen LogP contribution in [0.2, 0.25) is 0 Å². The van der Waals surface area contributed by atoms with Crippen molar-refractivity contribution in [2.45, 2.75) is 12.8 Å². The Kier molecular flexibility index (Phi) is 1.78. The summed E-state index contributed by atoms with van der Waals surface area (Å²) in [6.45, 7) is 6.55. The van der Waals surface area contributed by atoms with Crippen molar-refractivity contribution in [3.63, 3.8) is 0 Å². The van der Waals surface area contributed by atoms with Gasteiger partial charge in [0.05, 0.1) is 0 Å². The Balaban J connectivity index is 2.34. The monoisotopic (exact) mass is 230 g/mol. The number of hydrogen-bond acceptors (Lipinski definition) is 0. The van der Waals surface area contributed by atoms with Gasteiger partial charge in [-0.15, -0.1) is 0 Å². The zero-order chi connectivity index (χ0) is 12.3. The van der Waals surface area contributed by atoms with E-state index in [0.29, 0.717) is 5.92 Å². The molecule has 0 aliphatic heterocycles. The molecule has 3 aromatic carbocycles.